The molecule has 0 aliphatic heterocycles. The van der Waals surface area contributed by atoms with E-state index in [-0.39, 0.29) is 0 Å². The summed E-state index contributed by atoms with van der Waals surface area (Å²) >= 11 is 0. The van der Waals surface area contributed by atoms with Gasteiger partial charge in [0, 0.05) is 11.7 Å². The Kier molecular flexibility index (Phi) is 3.69. The first-order valence-electron chi connectivity index (χ1n) is 7.27. The molecule has 0 spiro atoms. The second-order valence-electron chi connectivity index (χ2n) is 7.67. The number of nitrogens with zero attached hydrogens (tertiary/aromatic N) is 1. The molecule has 1 aliphatic carbocycles. The van der Waals surface area contributed by atoms with Gasteiger partial charge in [-0.15, -0.1) is 0 Å². The summed E-state index contributed by atoms with van der Waals surface area (Å²) in [5.74, 6) is 0. The fourth-order valence-electron chi connectivity index (χ4n) is 3.95. The van der Waals surface area contributed by atoms with Crippen LogP contribution in [0.2, 0.25) is 0 Å². The largest absolute Gasteiger partial charge is 0.399 e. The van der Waals surface area contributed by atoms with E-state index < -0.39 is 0 Å². The van der Waals surface area contributed by atoms with Crippen molar-refractivity contribution in [3.05, 3.63) is 23.8 Å². The van der Waals surface area contributed by atoms with Gasteiger partial charge in [0.25, 0.3) is 0 Å². The summed E-state index contributed by atoms with van der Waals surface area (Å²) in [5.41, 5.74) is 8.58. The van der Waals surface area contributed by atoms with Crippen molar-refractivity contribution < 1.29 is 0 Å². The van der Waals surface area contributed by atoms with E-state index in [1.807, 2.05) is 12.1 Å². The van der Waals surface area contributed by atoms with E-state index in [4.69, 9.17) is 5.73 Å². The van der Waals surface area contributed by atoms with Crippen molar-refractivity contribution in [2.45, 2.75) is 53.0 Å². The van der Waals surface area contributed by atoms with E-state index in [0.717, 1.165) is 18.5 Å². The van der Waals surface area contributed by atoms with Crippen LogP contribution in [0, 0.1) is 22.2 Å². The SMILES string of the molecule is CC1(C)CC(Nc2ccc(N)cc2C#N)CC(C)(C)C1. The van der Waals surface area contributed by atoms with Gasteiger partial charge in [0.15, 0.2) is 0 Å². The van der Waals surface area contributed by atoms with Crippen molar-refractivity contribution in [3.63, 3.8) is 0 Å². The topological polar surface area (TPSA) is 61.8 Å². The molecule has 0 bridgehead atoms. The average molecular weight is 271 g/mol. The van der Waals surface area contributed by atoms with Crippen LogP contribution in [0.25, 0.3) is 0 Å². The molecule has 1 aromatic rings. The maximum absolute atomic E-state index is 9.23. The minimum absolute atomic E-state index is 0.333. The predicted octanol–water partition coefficient (Wildman–Crippen LogP) is 4.16. The smallest absolute Gasteiger partial charge is 0.101 e. The van der Waals surface area contributed by atoms with Crippen molar-refractivity contribution in [2.75, 3.05) is 11.1 Å². The lowest BCUT2D eigenvalue weighted by atomic mass is 9.63. The predicted molar refractivity (Wildman–Crippen MR) is 84.4 cm³/mol. The molecule has 0 heterocycles. The van der Waals surface area contributed by atoms with Gasteiger partial charge in [-0.05, 0) is 48.3 Å². The monoisotopic (exact) mass is 271 g/mol. The minimum atomic E-state index is 0.333. The first kappa shape index (κ1) is 14.7. The van der Waals surface area contributed by atoms with Crippen molar-refractivity contribution in [1.82, 2.24) is 0 Å². The first-order chi connectivity index (χ1) is 9.21. The molecule has 1 aliphatic rings. The highest BCUT2D eigenvalue weighted by Crippen LogP contribution is 2.46. The highest BCUT2D eigenvalue weighted by Gasteiger charge is 2.38. The fourth-order valence-corrected chi connectivity index (χ4v) is 3.95. The van der Waals surface area contributed by atoms with Crippen LogP contribution in [0.3, 0.4) is 0 Å². The Hall–Kier alpha value is -1.69. The molecule has 108 valence electrons. The van der Waals surface area contributed by atoms with E-state index in [2.05, 4.69) is 39.1 Å². The van der Waals surface area contributed by atoms with Gasteiger partial charge in [-0.25, -0.2) is 0 Å². The molecular formula is C17H25N3. The Morgan fingerprint density at radius 3 is 2.35 bits per heavy atom. The summed E-state index contributed by atoms with van der Waals surface area (Å²) in [6, 6.07) is 8.14. The van der Waals surface area contributed by atoms with Crippen molar-refractivity contribution in [2.24, 2.45) is 10.8 Å². The summed E-state index contributed by atoms with van der Waals surface area (Å²) < 4.78 is 0. The Morgan fingerprint density at radius 2 is 1.80 bits per heavy atom. The molecule has 3 N–H and O–H groups in total. The van der Waals surface area contributed by atoms with Gasteiger partial charge in [0.2, 0.25) is 0 Å². The van der Waals surface area contributed by atoms with Crippen molar-refractivity contribution in [3.8, 4) is 6.07 Å². The molecule has 1 saturated carbocycles. The van der Waals surface area contributed by atoms with E-state index in [9.17, 15) is 5.26 Å². The molecule has 0 amide bonds. The maximum Gasteiger partial charge on any atom is 0.101 e. The molecule has 1 aromatic carbocycles. The highest BCUT2D eigenvalue weighted by molar-refractivity contribution is 5.63. The van der Waals surface area contributed by atoms with E-state index in [0.29, 0.717) is 28.1 Å². The average Bonchev–Trinajstić information content (AvgIpc) is 2.27. The normalized spacial score (nSPS) is 21.1. The zero-order valence-electron chi connectivity index (χ0n) is 13.0. The van der Waals surface area contributed by atoms with Gasteiger partial charge < -0.3 is 11.1 Å². The summed E-state index contributed by atoms with van der Waals surface area (Å²) in [7, 11) is 0. The van der Waals surface area contributed by atoms with E-state index >= 15 is 0 Å². The van der Waals surface area contributed by atoms with Crippen LogP contribution in [-0.2, 0) is 0 Å². The summed E-state index contributed by atoms with van der Waals surface area (Å²) in [4.78, 5) is 0. The van der Waals surface area contributed by atoms with Crippen LogP contribution < -0.4 is 11.1 Å². The number of nitrogen functional groups attached to an aromatic ring is 1. The Morgan fingerprint density at radius 1 is 1.20 bits per heavy atom. The van der Waals surface area contributed by atoms with Gasteiger partial charge in [-0.2, -0.15) is 5.26 Å². The third-order valence-electron chi connectivity index (χ3n) is 4.08. The quantitative estimate of drug-likeness (QED) is 0.794. The summed E-state index contributed by atoms with van der Waals surface area (Å²) in [5, 5.41) is 12.8. The van der Waals surface area contributed by atoms with E-state index in [1.165, 1.54) is 6.42 Å². The van der Waals surface area contributed by atoms with Crippen LogP contribution in [0.4, 0.5) is 11.4 Å². The van der Waals surface area contributed by atoms with Gasteiger partial charge in [0.1, 0.15) is 6.07 Å². The minimum Gasteiger partial charge on any atom is -0.399 e. The number of rotatable bonds is 2. The van der Waals surface area contributed by atoms with Gasteiger partial charge in [-0.1, -0.05) is 27.7 Å². The van der Waals surface area contributed by atoms with Crippen LogP contribution in [0.15, 0.2) is 18.2 Å². The number of hydrogen-bond acceptors (Lipinski definition) is 3. The third-order valence-corrected chi connectivity index (χ3v) is 4.08. The van der Waals surface area contributed by atoms with Gasteiger partial charge in [-0.3, -0.25) is 0 Å². The summed E-state index contributed by atoms with van der Waals surface area (Å²) in [6.45, 7) is 9.32. The number of nitriles is 1. The summed E-state index contributed by atoms with van der Waals surface area (Å²) in [6.07, 6.45) is 3.50. The number of nitrogens with one attached hydrogen (secondary N) is 1. The molecule has 20 heavy (non-hydrogen) atoms. The molecule has 0 atom stereocenters. The van der Waals surface area contributed by atoms with Gasteiger partial charge in [0.05, 0.1) is 11.3 Å². The fraction of sp³-hybridized carbons (Fsp3) is 0.588. The van der Waals surface area contributed by atoms with Crippen molar-refractivity contribution in [1.29, 1.82) is 5.26 Å². The third kappa shape index (κ3) is 3.45. The zero-order chi connectivity index (χ0) is 15.0. The molecule has 0 saturated heterocycles. The van der Waals surface area contributed by atoms with E-state index in [1.54, 1.807) is 6.07 Å². The first-order valence-corrected chi connectivity index (χ1v) is 7.27. The number of hydrogen-bond donors (Lipinski definition) is 2. The lowest BCUT2D eigenvalue weighted by Crippen LogP contribution is -2.40. The molecule has 3 nitrogen and oxygen atoms in total. The number of nitrogens with two attached hydrogens (primary N) is 1. The highest BCUT2D eigenvalue weighted by atomic mass is 14.9. The molecule has 0 radical (unpaired) electrons. The lowest BCUT2D eigenvalue weighted by molar-refractivity contribution is 0.105. The number of benzene rings is 1. The molecule has 1 fully saturated rings. The maximum atomic E-state index is 9.23. The number of anilines is 2. The molecule has 2 rings (SSSR count). The Balaban J connectivity index is 2.20. The molecule has 0 aromatic heterocycles. The lowest BCUT2D eigenvalue weighted by Gasteiger charge is -2.45. The van der Waals surface area contributed by atoms with Crippen LogP contribution >= 0.6 is 0 Å². The van der Waals surface area contributed by atoms with Crippen LogP contribution in [0.5, 0.6) is 0 Å². The molecule has 3 heteroatoms. The second-order valence-corrected chi connectivity index (χ2v) is 7.67. The second kappa shape index (κ2) is 5.01. The standard InChI is InChI=1S/C17H25N3/c1-16(2)8-14(9-17(3,4)11-16)20-15-6-5-13(19)7-12(15)10-18/h5-7,14,20H,8-9,11,19H2,1-4H3. The zero-order valence-corrected chi connectivity index (χ0v) is 13.0. The van der Waals surface area contributed by atoms with Crippen molar-refractivity contribution >= 4 is 11.4 Å². The van der Waals surface area contributed by atoms with Crippen LogP contribution in [0.1, 0.15) is 52.5 Å². The van der Waals surface area contributed by atoms with Crippen LogP contribution in [-0.4, -0.2) is 6.04 Å². The van der Waals surface area contributed by atoms with Gasteiger partial charge >= 0.3 is 0 Å². The Labute approximate surface area is 122 Å². The molecule has 0 unspecified atom stereocenters. The molecular weight excluding hydrogens is 246 g/mol. The Bertz CT molecular complexity index is 522.